The lowest BCUT2D eigenvalue weighted by molar-refractivity contribution is -0.462. The summed E-state index contributed by atoms with van der Waals surface area (Å²) >= 11 is 0. The number of nitrogens with zero attached hydrogens (tertiary/aromatic N) is 1. The van der Waals surface area contributed by atoms with E-state index in [-0.39, 0.29) is 11.6 Å². The van der Waals surface area contributed by atoms with Crippen molar-refractivity contribution in [3.8, 4) is 0 Å². The van der Waals surface area contributed by atoms with Crippen molar-refractivity contribution < 1.29 is 14.2 Å². The van der Waals surface area contributed by atoms with Gasteiger partial charge in [0, 0.05) is 14.0 Å². The first-order chi connectivity index (χ1) is 7.49. The fourth-order valence-corrected chi connectivity index (χ4v) is 2.89. The van der Waals surface area contributed by atoms with Crippen LogP contribution in [-0.2, 0) is 14.2 Å². The average Bonchev–Trinajstić information content (AvgIpc) is 2.40. The molecule has 2 aliphatic heterocycles. The first kappa shape index (κ1) is 11.9. The van der Waals surface area contributed by atoms with Gasteiger partial charge in [0.05, 0.1) is 6.10 Å². The quantitative estimate of drug-likeness (QED) is 0.740. The van der Waals surface area contributed by atoms with Crippen LogP contribution in [0.5, 0.6) is 0 Å². The van der Waals surface area contributed by atoms with Crippen LogP contribution < -0.4 is 0 Å². The van der Waals surface area contributed by atoms with E-state index in [1.807, 2.05) is 6.92 Å². The molecule has 0 aromatic heterocycles. The molecule has 0 spiro atoms. The zero-order valence-corrected chi connectivity index (χ0v) is 10.7. The van der Waals surface area contributed by atoms with E-state index in [9.17, 15) is 0 Å². The summed E-state index contributed by atoms with van der Waals surface area (Å²) in [7, 11) is 1.62. The lowest BCUT2D eigenvalue weighted by atomic mass is 9.76. The standard InChI is InChI=1S/C12H21NO3/c1-6-10-11(7-8(2)3)12(14-5,16-10)15-9(4)13-11/h8,10H,6-7H2,1-5H3/t10-,11-,12-/m0/s1. The van der Waals surface area contributed by atoms with Crippen molar-refractivity contribution in [3.05, 3.63) is 0 Å². The Balaban J connectivity index is 2.32. The van der Waals surface area contributed by atoms with Crippen LogP contribution in [0.4, 0.5) is 0 Å². The number of rotatable bonds is 4. The summed E-state index contributed by atoms with van der Waals surface area (Å²) in [5.41, 5.74) is -0.339. The minimum atomic E-state index is -0.956. The Hall–Kier alpha value is -0.610. The Bertz CT molecular complexity index is 315. The van der Waals surface area contributed by atoms with Gasteiger partial charge in [-0.05, 0) is 18.8 Å². The lowest BCUT2D eigenvalue weighted by Crippen LogP contribution is -2.73. The zero-order valence-electron chi connectivity index (χ0n) is 10.7. The largest absolute Gasteiger partial charge is 0.424 e. The number of hydrogen-bond acceptors (Lipinski definition) is 4. The Morgan fingerprint density at radius 2 is 2.19 bits per heavy atom. The van der Waals surface area contributed by atoms with E-state index < -0.39 is 5.97 Å². The van der Waals surface area contributed by atoms with Gasteiger partial charge in [0.2, 0.25) is 0 Å². The van der Waals surface area contributed by atoms with E-state index in [1.54, 1.807) is 7.11 Å². The van der Waals surface area contributed by atoms with E-state index in [0.29, 0.717) is 11.8 Å². The molecular weight excluding hydrogens is 206 g/mol. The molecule has 2 aliphatic rings. The fraction of sp³-hybridized carbons (Fsp3) is 0.917. The second kappa shape index (κ2) is 3.70. The maximum absolute atomic E-state index is 5.76. The predicted molar refractivity (Wildman–Crippen MR) is 61.3 cm³/mol. The Morgan fingerprint density at radius 3 is 2.69 bits per heavy atom. The Kier molecular flexibility index (Phi) is 2.75. The minimum absolute atomic E-state index is 0.104. The van der Waals surface area contributed by atoms with Crippen LogP contribution in [0.3, 0.4) is 0 Å². The first-order valence-corrected chi connectivity index (χ1v) is 5.98. The molecule has 0 amide bonds. The molecule has 0 unspecified atom stereocenters. The molecule has 0 aromatic carbocycles. The van der Waals surface area contributed by atoms with Crippen LogP contribution in [0.2, 0.25) is 0 Å². The van der Waals surface area contributed by atoms with Crippen molar-refractivity contribution in [2.45, 2.75) is 58.2 Å². The fourth-order valence-electron chi connectivity index (χ4n) is 2.89. The molecule has 0 radical (unpaired) electrons. The molecule has 0 aliphatic carbocycles. The topological polar surface area (TPSA) is 40.0 Å². The third-order valence-corrected chi connectivity index (χ3v) is 3.36. The highest BCUT2D eigenvalue weighted by atomic mass is 16.9. The summed E-state index contributed by atoms with van der Waals surface area (Å²) in [4.78, 5) is 4.67. The highest BCUT2D eigenvalue weighted by Crippen LogP contribution is 2.55. The van der Waals surface area contributed by atoms with Crippen LogP contribution in [0, 0.1) is 5.92 Å². The van der Waals surface area contributed by atoms with E-state index in [2.05, 4.69) is 25.8 Å². The summed E-state index contributed by atoms with van der Waals surface area (Å²) in [6.07, 6.45) is 1.96. The van der Waals surface area contributed by atoms with E-state index >= 15 is 0 Å². The molecule has 4 nitrogen and oxygen atoms in total. The minimum Gasteiger partial charge on any atom is -0.424 e. The van der Waals surface area contributed by atoms with Gasteiger partial charge < -0.3 is 14.2 Å². The smallest absolute Gasteiger partial charge is 0.357 e. The molecule has 0 aromatic rings. The summed E-state index contributed by atoms with van der Waals surface area (Å²) in [5, 5.41) is 0. The number of aliphatic imine (C=N–C) groups is 1. The molecule has 3 atom stereocenters. The zero-order chi connectivity index (χ0) is 12.0. The monoisotopic (exact) mass is 227 g/mol. The van der Waals surface area contributed by atoms with Crippen LogP contribution in [0.25, 0.3) is 0 Å². The predicted octanol–water partition coefficient (Wildman–Crippen LogP) is 2.33. The molecule has 2 heterocycles. The van der Waals surface area contributed by atoms with Crippen molar-refractivity contribution in [1.29, 1.82) is 0 Å². The van der Waals surface area contributed by atoms with Crippen molar-refractivity contribution in [2.75, 3.05) is 7.11 Å². The molecule has 0 saturated carbocycles. The van der Waals surface area contributed by atoms with E-state index in [0.717, 1.165) is 12.8 Å². The highest BCUT2D eigenvalue weighted by Gasteiger charge is 2.74. The van der Waals surface area contributed by atoms with Gasteiger partial charge in [-0.2, -0.15) is 0 Å². The van der Waals surface area contributed by atoms with Crippen LogP contribution in [-0.4, -0.2) is 30.6 Å². The summed E-state index contributed by atoms with van der Waals surface area (Å²) in [5.74, 6) is 0.242. The molecule has 4 heteroatoms. The number of ether oxygens (including phenoxy) is 3. The van der Waals surface area contributed by atoms with Gasteiger partial charge in [-0.1, -0.05) is 20.8 Å². The Morgan fingerprint density at radius 1 is 1.50 bits per heavy atom. The highest BCUT2D eigenvalue weighted by molar-refractivity contribution is 5.76. The molecule has 0 bridgehead atoms. The molecule has 2 rings (SSSR count). The SMILES string of the molecule is CC[C@@H]1O[C@@]2(OC)OC(C)=N[C@@]12CC(C)C. The number of methoxy groups -OCH3 is 1. The van der Waals surface area contributed by atoms with Gasteiger partial charge in [-0.15, -0.1) is 0 Å². The molecule has 92 valence electrons. The summed E-state index contributed by atoms with van der Waals surface area (Å²) in [6.45, 7) is 8.33. The molecule has 0 N–H and O–H groups in total. The van der Waals surface area contributed by atoms with Gasteiger partial charge in [0.25, 0.3) is 0 Å². The lowest BCUT2D eigenvalue weighted by Gasteiger charge is -2.55. The third kappa shape index (κ3) is 1.32. The van der Waals surface area contributed by atoms with Gasteiger partial charge in [0.15, 0.2) is 11.4 Å². The van der Waals surface area contributed by atoms with Crippen molar-refractivity contribution in [1.82, 2.24) is 0 Å². The molecule has 16 heavy (non-hydrogen) atoms. The average molecular weight is 227 g/mol. The van der Waals surface area contributed by atoms with Crippen molar-refractivity contribution >= 4 is 5.90 Å². The van der Waals surface area contributed by atoms with Crippen molar-refractivity contribution in [3.63, 3.8) is 0 Å². The summed E-state index contributed by atoms with van der Waals surface area (Å²) in [6, 6.07) is 0. The van der Waals surface area contributed by atoms with Crippen LogP contribution in [0.15, 0.2) is 4.99 Å². The van der Waals surface area contributed by atoms with E-state index in [1.165, 1.54) is 0 Å². The van der Waals surface area contributed by atoms with Crippen LogP contribution in [0.1, 0.15) is 40.5 Å². The molecular formula is C12H21NO3. The second-order valence-corrected chi connectivity index (χ2v) is 5.03. The van der Waals surface area contributed by atoms with Gasteiger partial charge >= 0.3 is 5.97 Å². The maximum atomic E-state index is 5.76. The first-order valence-electron chi connectivity index (χ1n) is 5.98. The van der Waals surface area contributed by atoms with Gasteiger partial charge in [-0.25, -0.2) is 4.99 Å². The number of fused-ring (bicyclic) bond motifs is 1. The van der Waals surface area contributed by atoms with Crippen molar-refractivity contribution in [2.24, 2.45) is 10.9 Å². The molecule has 1 saturated heterocycles. The molecule has 1 fully saturated rings. The maximum Gasteiger partial charge on any atom is 0.357 e. The Labute approximate surface area is 97.0 Å². The number of hydrogen-bond donors (Lipinski definition) is 0. The van der Waals surface area contributed by atoms with Gasteiger partial charge in [0.1, 0.15) is 0 Å². The van der Waals surface area contributed by atoms with Crippen LogP contribution >= 0.6 is 0 Å². The second-order valence-electron chi connectivity index (χ2n) is 5.03. The van der Waals surface area contributed by atoms with Gasteiger partial charge in [-0.3, -0.25) is 0 Å². The summed E-state index contributed by atoms with van der Waals surface area (Å²) < 4.78 is 16.8. The normalized spacial score (nSPS) is 41.4. The van der Waals surface area contributed by atoms with E-state index in [4.69, 9.17) is 14.2 Å². The third-order valence-electron chi connectivity index (χ3n) is 3.36.